The van der Waals surface area contributed by atoms with Crippen LogP contribution in [0.4, 0.5) is 10.7 Å². The third-order valence-corrected chi connectivity index (χ3v) is 4.60. The SMILES string of the molecule is CCOC(=O)N1CCC(Nc2nc3cccnc3n2Cc2ccccn2)C1. The van der Waals surface area contributed by atoms with E-state index in [0.717, 1.165) is 29.2 Å². The molecule has 140 valence electrons. The fourth-order valence-electron chi connectivity index (χ4n) is 3.31. The van der Waals surface area contributed by atoms with E-state index in [4.69, 9.17) is 9.72 Å². The second kappa shape index (κ2) is 7.61. The van der Waals surface area contributed by atoms with Gasteiger partial charge in [-0.05, 0) is 37.6 Å². The molecule has 1 N–H and O–H groups in total. The number of pyridine rings is 2. The van der Waals surface area contributed by atoms with Crippen molar-refractivity contribution in [1.29, 1.82) is 0 Å². The summed E-state index contributed by atoms with van der Waals surface area (Å²) in [4.78, 5) is 27.3. The average Bonchev–Trinajstić information content (AvgIpc) is 3.29. The van der Waals surface area contributed by atoms with Gasteiger partial charge in [-0.1, -0.05) is 6.07 Å². The van der Waals surface area contributed by atoms with E-state index < -0.39 is 0 Å². The Morgan fingerprint density at radius 2 is 2.15 bits per heavy atom. The van der Waals surface area contributed by atoms with Gasteiger partial charge in [0.05, 0.1) is 18.8 Å². The minimum Gasteiger partial charge on any atom is -0.450 e. The summed E-state index contributed by atoms with van der Waals surface area (Å²) in [7, 11) is 0. The number of likely N-dealkylation sites (tertiary alicyclic amines) is 1. The van der Waals surface area contributed by atoms with E-state index in [9.17, 15) is 4.79 Å². The van der Waals surface area contributed by atoms with Gasteiger partial charge in [0.1, 0.15) is 5.52 Å². The van der Waals surface area contributed by atoms with E-state index >= 15 is 0 Å². The fraction of sp³-hybridized carbons (Fsp3) is 0.368. The Labute approximate surface area is 157 Å². The van der Waals surface area contributed by atoms with Gasteiger partial charge < -0.3 is 15.0 Å². The molecule has 1 aliphatic rings. The number of amides is 1. The predicted molar refractivity (Wildman–Crippen MR) is 101 cm³/mol. The molecule has 8 nitrogen and oxygen atoms in total. The van der Waals surface area contributed by atoms with Crippen LogP contribution in [-0.4, -0.2) is 56.3 Å². The van der Waals surface area contributed by atoms with Gasteiger partial charge in [0.15, 0.2) is 5.65 Å². The summed E-state index contributed by atoms with van der Waals surface area (Å²) >= 11 is 0. The minimum absolute atomic E-state index is 0.119. The Kier molecular flexibility index (Phi) is 4.86. The number of hydrogen-bond acceptors (Lipinski definition) is 6. The smallest absolute Gasteiger partial charge is 0.409 e. The maximum atomic E-state index is 11.9. The molecule has 1 fully saturated rings. The first-order valence-electron chi connectivity index (χ1n) is 9.14. The molecule has 1 amide bonds. The molecule has 0 aromatic carbocycles. The Bertz CT molecular complexity index is 926. The summed E-state index contributed by atoms with van der Waals surface area (Å²) in [5.74, 6) is 0.741. The summed E-state index contributed by atoms with van der Waals surface area (Å²) < 4.78 is 7.13. The normalized spacial score (nSPS) is 16.6. The number of rotatable bonds is 5. The van der Waals surface area contributed by atoms with Gasteiger partial charge in [-0.3, -0.25) is 9.55 Å². The number of nitrogens with one attached hydrogen (secondary N) is 1. The fourth-order valence-corrected chi connectivity index (χ4v) is 3.31. The van der Waals surface area contributed by atoms with Crippen LogP contribution < -0.4 is 5.32 Å². The highest BCUT2D eigenvalue weighted by Gasteiger charge is 2.28. The van der Waals surface area contributed by atoms with E-state index in [2.05, 4.69) is 15.3 Å². The summed E-state index contributed by atoms with van der Waals surface area (Å²) in [6, 6.07) is 9.79. The predicted octanol–water partition coefficient (Wildman–Crippen LogP) is 2.52. The van der Waals surface area contributed by atoms with Gasteiger partial charge in [0.25, 0.3) is 0 Å². The highest BCUT2D eigenvalue weighted by molar-refractivity contribution is 5.74. The van der Waals surface area contributed by atoms with Crippen LogP contribution in [0.25, 0.3) is 11.2 Å². The average molecular weight is 366 g/mol. The summed E-state index contributed by atoms with van der Waals surface area (Å²) in [5, 5.41) is 3.48. The van der Waals surface area contributed by atoms with Crippen LogP contribution in [0.1, 0.15) is 19.0 Å². The van der Waals surface area contributed by atoms with Gasteiger partial charge in [-0.25, -0.2) is 14.8 Å². The molecule has 4 heterocycles. The molecule has 3 aromatic rings. The second-order valence-electron chi connectivity index (χ2n) is 6.46. The van der Waals surface area contributed by atoms with Crippen molar-refractivity contribution >= 4 is 23.2 Å². The van der Waals surface area contributed by atoms with Crippen LogP contribution in [0, 0.1) is 0 Å². The van der Waals surface area contributed by atoms with Gasteiger partial charge in [-0.15, -0.1) is 0 Å². The highest BCUT2D eigenvalue weighted by atomic mass is 16.6. The number of carbonyl (C=O) groups excluding carboxylic acids is 1. The number of hydrogen-bond donors (Lipinski definition) is 1. The number of aromatic nitrogens is 4. The standard InChI is InChI=1S/C19H22N6O2/c1-2-27-19(26)24-11-8-15(12-24)22-18-23-16-7-5-10-21-17(16)25(18)13-14-6-3-4-9-20-14/h3-7,9-10,15H,2,8,11-13H2,1H3,(H,22,23). The van der Waals surface area contributed by atoms with Crippen molar-refractivity contribution in [3.05, 3.63) is 48.4 Å². The van der Waals surface area contributed by atoms with Crippen molar-refractivity contribution in [2.75, 3.05) is 25.0 Å². The zero-order valence-corrected chi connectivity index (χ0v) is 15.2. The molecule has 3 aromatic heterocycles. The van der Waals surface area contributed by atoms with Crippen LogP contribution >= 0.6 is 0 Å². The van der Waals surface area contributed by atoms with Crippen LogP contribution in [0.3, 0.4) is 0 Å². The first-order chi connectivity index (χ1) is 13.2. The van der Waals surface area contributed by atoms with Crippen molar-refractivity contribution in [3.63, 3.8) is 0 Å². The quantitative estimate of drug-likeness (QED) is 0.747. The highest BCUT2D eigenvalue weighted by Crippen LogP contribution is 2.22. The molecular formula is C19H22N6O2. The molecule has 0 radical (unpaired) electrons. The third-order valence-electron chi connectivity index (χ3n) is 4.60. The van der Waals surface area contributed by atoms with Crippen LogP contribution in [-0.2, 0) is 11.3 Å². The van der Waals surface area contributed by atoms with Crippen molar-refractivity contribution in [2.45, 2.75) is 25.9 Å². The Morgan fingerprint density at radius 3 is 2.96 bits per heavy atom. The molecular weight excluding hydrogens is 344 g/mol. The van der Waals surface area contributed by atoms with Crippen LogP contribution in [0.2, 0.25) is 0 Å². The number of ether oxygens (including phenoxy) is 1. The lowest BCUT2D eigenvalue weighted by Crippen LogP contribution is -2.32. The molecule has 27 heavy (non-hydrogen) atoms. The molecule has 1 unspecified atom stereocenters. The first kappa shape index (κ1) is 17.3. The topological polar surface area (TPSA) is 85.2 Å². The zero-order valence-electron chi connectivity index (χ0n) is 15.2. The first-order valence-corrected chi connectivity index (χ1v) is 9.14. The Morgan fingerprint density at radius 1 is 1.26 bits per heavy atom. The molecule has 0 bridgehead atoms. The van der Waals surface area contributed by atoms with Crippen molar-refractivity contribution in [3.8, 4) is 0 Å². The van der Waals surface area contributed by atoms with Gasteiger partial charge in [0, 0.05) is 31.5 Å². The molecule has 0 saturated carbocycles. The summed E-state index contributed by atoms with van der Waals surface area (Å²) in [5.41, 5.74) is 2.58. The maximum absolute atomic E-state index is 11.9. The lowest BCUT2D eigenvalue weighted by atomic mass is 10.3. The lowest BCUT2D eigenvalue weighted by molar-refractivity contribution is 0.115. The molecule has 1 atom stereocenters. The molecule has 0 spiro atoms. The van der Waals surface area contributed by atoms with Gasteiger partial charge >= 0.3 is 6.09 Å². The van der Waals surface area contributed by atoms with E-state index in [0.29, 0.717) is 26.2 Å². The molecule has 8 heteroatoms. The number of fused-ring (bicyclic) bond motifs is 1. The number of imidazole rings is 1. The van der Waals surface area contributed by atoms with Crippen molar-refractivity contribution < 1.29 is 9.53 Å². The van der Waals surface area contributed by atoms with E-state index in [-0.39, 0.29) is 12.1 Å². The molecule has 4 rings (SSSR count). The monoisotopic (exact) mass is 366 g/mol. The number of nitrogens with zero attached hydrogens (tertiary/aromatic N) is 5. The second-order valence-corrected chi connectivity index (χ2v) is 6.46. The van der Waals surface area contributed by atoms with E-state index in [1.807, 2.05) is 41.8 Å². The van der Waals surface area contributed by atoms with Gasteiger partial charge in [0.2, 0.25) is 5.95 Å². The summed E-state index contributed by atoms with van der Waals surface area (Å²) in [6.45, 7) is 4.05. The van der Waals surface area contributed by atoms with Crippen molar-refractivity contribution in [2.24, 2.45) is 0 Å². The van der Waals surface area contributed by atoms with Crippen molar-refractivity contribution in [1.82, 2.24) is 24.4 Å². The number of carbonyl (C=O) groups is 1. The van der Waals surface area contributed by atoms with Crippen LogP contribution in [0.15, 0.2) is 42.7 Å². The largest absolute Gasteiger partial charge is 0.450 e. The molecule has 1 aliphatic heterocycles. The van der Waals surface area contributed by atoms with E-state index in [1.54, 1.807) is 17.3 Å². The minimum atomic E-state index is -0.259. The number of anilines is 1. The zero-order chi connectivity index (χ0) is 18.6. The van der Waals surface area contributed by atoms with Gasteiger partial charge in [-0.2, -0.15) is 0 Å². The Balaban J connectivity index is 1.56. The maximum Gasteiger partial charge on any atom is 0.409 e. The Hall–Kier alpha value is -3.16. The lowest BCUT2D eigenvalue weighted by Gasteiger charge is -2.17. The molecule has 1 saturated heterocycles. The third kappa shape index (κ3) is 3.69. The molecule has 0 aliphatic carbocycles. The van der Waals surface area contributed by atoms with E-state index in [1.165, 1.54) is 0 Å². The van der Waals surface area contributed by atoms with Crippen LogP contribution in [0.5, 0.6) is 0 Å². The summed E-state index contributed by atoms with van der Waals surface area (Å²) in [6.07, 6.45) is 4.13.